The molecule has 0 aliphatic carbocycles. The van der Waals surface area contributed by atoms with Crippen molar-refractivity contribution in [2.75, 3.05) is 0 Å². The summed E-state index contributed by atoms with van der Waals surface area (Å²) in [5.41, 5.74) is -3.15. The molecule has 0 bridgehead atoms. The van der Waals surface area contributed by atoms with Crippen molar-refractivity contribution in [1.82, 2.24) is 9.88 Å². The standard InChI is InChI=1S/C14H11F6N3O/c1-22-2-3-23(8-22)12(24)21-7-9-4-10(13(15,16)17)6-11(5-9)14(18,19)20/h2-6,8H,7H2,1H3/p+1. The molecule has 0 atom stereocenters. The van der Waals surface area contributed by atoms with E-state index in [-0.39, 0.29) is 11.6 Å². The Morgan fingerprint density at radius 1 is 1.08 bits per heavy atom. The van der Waals surface area contributed by atoms with Crippen molar-refractivity contribution in [3.63, 3.8) is 0 Å². The maximum atomic E-state index is 12.7. The van der Waals surface area contributed by atoms with Crippen LogP contribution in [0.25, 0.3) is 0 Å². The number of nitrogens with one attached hydrogen (secondary N) is 1. The van der Waals surface area contributed by atoms with E-state index in [0.29, 0.717) is 12.1 Å². The number of halogens is 6. The molecule has 0 fully saturated rings. The Balaban J connectivity index is 2.24. The minimum atomic E-state index is -4.92. The monoisotopic (exact) mass is 352 g/mol. The van der Waals surface area contributed by atoms with Crippen LogP contribution in [0.3, 0.4) is 0 Å². The number of nitrogens with zero attached hydrogens (tertiary/aromatic N) is 2. The summed E-state index contributed by atoms with van der Waals surface area (Å²) >= 11 is 0. The van der Waals surface area contributed by atoms with Crippen LogP contribution < -0.4 is 9.88 Å². The van der Waals surface area contributed by atoms with Gasteiger partial charge in [0, 0.05) is 6.54 Å². The highest BCUT2D eigenvalue weighted by Crippen LogP contribution is 2.36. The van der Waals surface area contributed by atoms with E-state index >= 15 is 0 Å². The summed E-state index contributed by atoms with van der Waals surface area (Å²) in [6, 6.07) is 0.509. The Morgan fingerprint density at radius 3 is 2.04 bits per heavy atom. The van der Waals surface area contributed by atoms with Gasteiger partial charge in [0.25, 0.3) is 6.33 Å². The van der Waals surface area contributed by atoms with Crippen LogP contribution in [0.5, 0.6) is 0 Å². The van der Waals surface area contributed by atoms with E-state index in [4.69, 9.17) is 0 Å². The molecule has 10 heteroatoms. The Labute approximate surface area is 132 Å². The van der Waals surface area contributed by atoms with Crippen molar-refractivity contribution in [2.24, 2.45) is 7.05 Å². The lowest BCUT2D eigenvalue weighted by Crippen LogP contribution is -2.30. The fourth-order valence-corrected chi connectivity index (χ4v) is 1.96. The third-order valence-electron chi connectivity index (χ3n) is 3.09. The molecular formula is C14H12F6N3O+. The van der Waals surface area contributed by atoms with Crippen LogP contribution in [0, 0.1) is 0 Å². The Bertz CT molecular complexity index is 715. The first-order valence-electron chi connectivity index (χ1n) is 6.56. The first kappa shape index (κ1) is 17.8. The molecule has 24 heavy (non-hydrogen) atoms. The minimum Gasteiger partial charge on any atom is -0.313 e. The van der Waals surface area contributed by atoms with Crippen LogP contribution in [0.4, 0.5) is 31.1 Å². The smallest absolute Gasteiger partial charge is 0.313 e. The van der Waals surface area contributed by atoms with E-state index in [2.05, 4.69) is 5.32 Å². The van der Waals surface area contributed by atoms with E-state index in [1.54, 1.807) is 17.8 Å². The number of hydrogen-bond donors (Lipinski definition) is 1. The van der Waals surface area contributed by atoms with E-state index < -0.39 is 36.1 Å². The zero-order valence-electron chi connectivity index (χ0n) is 12.2. The van der Waals surface area contributed by atoms with Crippen LogP contribution in [-0.2, 0) is 25.9 Å². The maximum absolute atomic E-state index is 12.7. The predicted molar refractivity (Wildman–Crippen MR) is 69.7 cm³/mol. The van der Waals surface area contributed by atoms with Gasteiger partial charge in [-0.1, -0.05) is 0 Å². The van der Waals surface area contributed by atoms with Crippen LogP contribution >= 0.6 is 0 Å². The number of alkyl halides is 6. The molecular weight excluding hydrogens is 340 g/mol. The van der Waals surface area contributed by atoms with Crippen LogP contribution in [0.15, 0.2) is 36.9 Å². The lowest BCUT2D eigenvalue weighted by Gasteiger charge is -2.14. The lowest BCUT2D eigenvalue weighted by molar-refractivity contribution is -0.670. The van der Waals surface area contributed by atoms with Gasteiger partial charge in [-0.25, -0.2) is 9.36 Å². The number of imidazole rings is 1. The van der Waals surface area contributed by atoms with Gasteiger partial charge in [-0.2, -0.15) is 30.9 Å². The molecule has 4 nitrogen and oxygen atoms in total. The third-order valence-corrected chi connectivity index (χ3v) is 3.09. The van der Waals surface area contributed by atoms with Gasteiger partial charge in [0.15, 0.2) is 0 Å². The van der Waals surface area contributed by atoms with E-state index in [1.807, 2.05) is 0 Å². The highest BCUT2D eigenvalue weighted by atomic mass is 19.4. The second-order valence-corrected chi connectivity index (χ2v) is 5.06. The zero-order chi connectivity index (χ0) is 18.1. The summed E-state index contributed by atoms with van der Waals surface area (Å²) in [5, 5.41) is 2.26. The van der Waals surface area contributed by atoms with Gasteiger partial charge in [-0.05, 0) is 23.8 Å². The molecule has 0 saturated heterocycles. The number of carbonyl (C=O) groups is 1. The summed E-state index contributed by atoms with van der Waals surface area (Å²) in [6.07, 6.45) is -5.51. The molecule has 1 amide bonds. The summed E-state index contributed by atoms with van der Waals surface area (Å²) in [7, 11) is 1.65. The molecule has 0 unspecified atom stereocenters. The average molecular weight is 352 g/mol. The Kier molecular flexibility index (Phi) is 4.59. The molecule has 2 rings (SSSR count). The number of hydrogen-bond acceptors (Lipinski definition) is 1. The number of benzene rings is 1. The minimum absolute atomic E-state index is 0.0390. The molecule has 0 spiro atoms. The maximum Gasteiger partial charge on any atom is 0.416 e. The first-order valence-corrected chi connectivity index (χ1v) is 6.56. The fourth-order valence-electron chi connectivity index (χ4n) is 1.96. The average Bonchev–Trinajstić information content (AvgIpc) is 2.89. The van der Waals surface area contributed by atoms with Gasteiger partial charge in [-0.3, -0.25) is 0 Å². The SMILES string of the molecule is C[n+]1ccn(C(=O)NCc2cc(C(F)(F)F)cc(C(F)(F)F)c2)c1. The fraction of sp³-hybridized carbons (Fsp3) is 0.286. The molecule has 0 saturated carbocycles. The largest absolute Gasteiger partial charge is 0.416 e. The molecule has 0 aliphatic rings. The van der Waals surface area contributed by atoms with Crippen molar-refractivity contribution >= 4 is 6.03 Å². The van der Waals surface area contributed by atoms with Crippen molar-refractivity contribution in [1.29, 1.82) is 0 Å². The zero-order valence-corrected chi connectivity index (χ0v) is 12.2. The summed E-state index contributed by atoms with van der Waals surface area (Å²) < 4.78 is 79.1. The molecule has 2 aromatic rings. The number of amides is 1. The van der Waals surface area contributed by atoms with Crippen LogP contribution in [0.1, 0.15) is 16.7 Å². The number of carbonyl (C=O) groups excluding carboxylic acids is 1. The molecule has 1 aromatic carbocycles. The van der Waals surface area contributed by atoms with Gasteiger partial charge in [0.05, 0.1) is 18.2 Å². The second kappa shape index (κ2) is 6.17. The van der Waals surface area contributed by atoms with Crippen LogP contribution in [0.2, 0.25) is 0 Å². The van der Waals surface area contributed by atoms with E-state index in [1.165, 1.54) is 12.5 Å². The van der Waals surface area contributed by atoms with Gasteiger partial charge >= 0.3 is 18.4 Å². The lowest BCUT2D eigenvalue weighted by atomic mass is 10.0. The Hall–Kier alpha value is -2.52. The molecule has 130 valence electrons. The highest BCUT2D eigenvalue weighted by Gasteiger charge is 2.36. The molecule has 1 aromatic heterocycles. The predicted octanol–water partition coefficient (Wildman–Crippen LogP) is 3.11. The third kappa shape index (κ3) is 4.27. The van der Waals surface area contributed by atoms with Crippen LogP contribution in [-0.4, -0.2) is 10.6 Å². The van der Waals surface area contributed by atoms with E-state index in [9.17, 15) is 31.1 Å². The number of rotatable bonds is 2. The van der Waals surface area contributed by atoms with Crippen molar-refractivity contribution in [2.45, 2.75) is 18.9 Å². The Morgan fingerprint density at radius 2 is 1.62 bits per heavy atom. The van der Waals surface area contributed by atoms with Gasteiger partial charge < -0.3 is 5.32 Å². The summed E-state index contributed by atoms with van der Waals surface area (Å²) in [5.74, 6) is 0. The normalized spacial score (nSPS) is 12.3. The van der Waals surface area contributed by atoms with Gasteiger partial charge in [0.1, 0.15) is 12.4 Å². The number of aryl methyl sites for hydroxylation is 1. The molecule has 1 N–H and O–H groups in total. The summed E-state index contributed by atoms with van der Waals surface area (Å²) in [6.45, 7) is -0.478. The van der Waals surface area contributed by atoms with Crippen molar-refractivity contribution in [3.8, 4) is 0 Å². The van der Waals surface area contributed by atoms with Gasteiger partial charge in [-0.15, -0.1) is 0 Å². The molecule has 0 aliphatic heterocycles. The van der Waals surface area contributed by atoms with Crippen molar-refractivity contribution in [3.05, 3.63) is 53.6 Å². The first-order chi connectivity index (χ1) is 11.0. The summed E-state index contributed by atoms with van der Waals surface area (Å²) in [4.78, 5) is 11.8. The van der Waals surface area contributed by atoms with Gasteiger partial charge in [0.2, 0.25) is 0 Å². The number of aromatic nitrogens is 2. The highest BCUT2D eigenvalue weighted by molar-refractivity contribution is 5.76. The van der Waals surface area contributed by atoms with Crippen molar-refractivity contribution < 1.29 is 35.7 Å². The quantitative estimate of drug-likeness (QED) is 0.655. The molecule has 0 radical (unpaired) electrons. The molecule has 1 heterocycles. The topological polar surface area (TPSA) is 37.9 Å². The van der Waals surface area contributed by atoms with E-state index in [0.717, 1.165) is 4.57 Å². The second-order valence-electron chi connectivity index (χ2n) is 5.06.